The molecule has 0 amide bonds. The van der Waals surface area contributed by atoms with Crippen LogP contribution in [0.1, 0.15) is 25.8 Å². The van der Waals surface area contributed by atoms with Gasteiger partial charge in [-0.25, -0.2) is 0 Å². The molecule has 0 fully saturated rings. The number of aryl methyl sites for hydroxylation is 1. The molecule has 1 aromatic rings. The molecule has 86 valence electrons. The molecule has 0 aliphatic rings. The lowest BCUT2D eigenvalue weighted by atomic mass is 10.1. The van der Waals surface area contributed by atoms with Gasteiger partial charge in [0.1, 0.15) is 0 Å². The third-order valence-electron chi connectivity index (χ3n) is 2.95. The van der Waals surface area contributed by atoms with Gasteiger partial charge >= 0.3 is 0 Å². The molecule has 0 aliphatic heterocycles. The first kappa shape index (κ1) is 12.7. The molecular weight excluding hydrogens is 196 g/mol. The van der Waals surface area contributed by atoms with Gasteiger partial charge in [-0.1, -0.05) is 44.2 Å². The van der Waals surface area contributed by atoms with Gasteiger partial charge < -0.3 is 0 Å². The number of rotatable bonds is 6. The van der Waals surface area contributed by atoms with Crippen molar-refractivity contribution in [2.45, 2.75) is 32.7 Å². The first-order valence-electron chi connectivity index (χ1n) is 5.99. The fourth-order valence-electron chi connectivity index (χ4n) is 1.94. The average molecular weight is 216 g/mol. The van der Waals surface area contributed by atoms with Crippen molar-refractivity contribution in [3.8, 4) is 6.07 Å². The summed E-state index contributed by atoms with van der Waals surface area (Å²) < 4.78 is 0. The van der Waals surface area contributed by atoms with Crippen LogP contribution in [0, 0.1) is 11.3 Å². The molecule has 1 unspecified atom stereocenters. The summed E-state index contributed by atoms with van der Waals surface area (Å²) in [7, 11) is 0. The standard InChI is InChI=1S/C14H20N2/c1-3-16(4-2)14(12-15)11-10-13-8-6-5-7-9-13/h5-9,14H,3-4,10-11H2,1-2H3. The van der Waals surface area contributed by atoms with Gasteiger partial charge in [0.25, 0.3) is 0 Å². The fraction of sp³-hybridized carbons (Fsp3) is 0.500. The molecule has 0 bridgehead atoms. The number of hydrogen-bond donors (Lipinski definition) is 0. The summed E-state index contributed by atoms with van der Waals surface area (Å²) in [5.74, 6) is 0. The molecule has 0 radical (unpaired) electrons. The second kappa shape index (κ2) is 7.03. The van der Waals surface area contributed by atoms with Gasteiger partial charge in [0, 0.05) is 0 Å². The first-order valence-corrected chi connectivity index (χ1v) is 5.99. The molecule has 1 rings (SSSR count). The normalized spacial score (nSPS) is 12.4. The van der Waals surface area contributed by atoms with Crippen molar-refractivity contribution in [3.05, 3.63) is 35.9 Å². The van der Waals surface area contributed by atoms with Gasteiger partial charge in [-0.15, -0.1) is 0 Å². The predicted molar refractivity (Wildman–Crippen MR) is 67.1 cm³/mol. The van der Waals surface area contributed by atoms with Crippen LogP contribution in [0.5, 0.6) is 0 Å². The lowest BCUT2D eigenvalue weighted by Crippen LogP contribution is -2.34. The van der Waals surface area contributed by atoms with E-state index >= 15 is 0 Å². The van der Waals surface area contributed by atoms with Crippen LogP contribution in [0.15, 0.2) is 30.3 Å². The number of nitrogens with zero attached hydrogens (tertiary/aromatic N) is 2. The molecule has 2 nitrogen and oxygen atoms in total. The highest BCUT2D eigenvalue weighted by Crippen LogP contribution is 2.09. The Labute approximate surface area is 98.5 Å². The molecule has 16 heavy (non-hydrogen) atoms. The number of nitriles is 1. The Hall–Kier alpha value is -1.33. The van der Waals surface area contributed by atoms with E-state index in [1.54, 1.807) is 0 Å². The van der Waals surface area contributed by atoms with Crippen LogP contribution in [0.2, 0.25) is 0 Å². The van der Waals surface area contributed by atoms with Crippen molar-refractivity contribution in [1.82, 2.24) is 4.90 Å². The van der Waals surface area contributed by atoms with Gasteiger partial charge in [-0.05, 0) is 31.5 Å². The van der Waals surface area contributed by atoms with Gasteiger partial charge in [-0.3, -0.25) is 4.90 Å². The van der Waals surface area contributed by atoms with Crippen molar-refractivity contribution >= 4 is 0 Å². The van der Waals surface area contributed by atoms with Crippen molar-refractivity contribution in [3.63, 3.8) is 0 Å². The number of hydrogen-bond acceptors (Lipinski definition) is 2. The van der Waals surface area contributed by atoms with E-state index in [2.05, 4.69) is 36.9 Å². The molecule has 0 aromatic heterocycles. The summed E-state index contributed by atoms with van der Waals surface area (Å²) in [6.07, 6.45) is 1.90. The zero-order valence-electron chi connectivity index (χ0n) is 10.2. The molecule has 1 aromatic carbocycles. The Bertz CT molecular complexity index is 322. The van der Waals surface area contributed by atoms with Crippen LogP contribution in [0.25, 0.3) is 0 Å². The average Bonchev–Trinajstić information content (AvgIpc) is 2.35. The SMILES string of the molecule is CCN(CC)C(C#N)CCc1ccccc1. The van der Waals surface area contributed by atoms with Gasteiger partial charge in [0.15, 0.2) is 0 Å². The van der Waals surface area contributed by atoms with Gasteiger partial charge in [0.2, 0.25) is 0 Å². The second-order valence-electron chi connectivity index (χ2n) is 3.89. The third kappa shape index (κ3) is 3.67. The Morgan fingerprint density at radius 1 is 1.19 bits per heavy atom. The molecule has 0 N–H and O–H groups in total. The van der Waals surface area contributed by atoms with E-state index in [4.69, 9.17) is 5.26 Å². The Balaban J connectivity index is 2.49. The lowest BCUT2D eigenvalue weighted by Gasteiger charge is -2.23. The summed E-state index contributed by atoms with van der Waals surface area (Å²) in [6, 6.07) is 12.8. The summed E-state index contributed by atoms with van der Waals surface area (Å²) >= 11 is 0. The third-order valence-corrected chi connectivity index (χ3v) is 2.95. The summed E-state index contributed by atoms with van der Waals surface area (Å²) in [4.78, 5) is 2.21. The molecule has 0 heterocycles. The van der Waals surface area contributed by atoms with Crippen LogP contribution in [-0.2, 0) is 6.42 Å². The van der Waals surface area contributed by atoms with Crippen molar-refractivity contribution in [2.75, 3.05) is 13.1 Å². The minimum absolute atomic E-state index is 0.0511. The van der Waals surface area contributed by atoms with Crippen LogP contribution >= 0.6 is 0 Å². The first-order chi connectivity index (χ1) is 7.81. The summed E-state index contributed by atoms with van der Waals surface area (Å²) in [5.41, 5.74) is 1.31. The zero-order chi connectivity index (χ0) is 11.8. The maximum atomic E-state index is 9.15. The molecule has 1 atom stereocenters. The maximum Gasteiger partial charge on any atom is 0.0980 e. The predicted octanol–water partition coefficient (Wildman–Crippen LogP) is 2.85. The highest BCUT2D eigenvalue weighted by Gasteiger charge is 2.14. The highest BCUT2D eigenvalue weighted by atomic mass is 15.1. The molecule has 0 spiro atoms. The molecule has 0 aliphatic carbocycles. The van der Waals surface area contributed by atoms with Crippen LogP contribution in [-0.4, -0.2) is 24.0 Å². The van der Waals surface area contributed by atoms with Crippen LogP contribution < -0.4 is 0 Å². The summed E-state index contributed by atoms with van der Waals surface area (Å²) in [5, 5.41) is 9.15. The lowest BCUT2D eigenvalue weighted by molar-refractivity contribution is 0.249. The van der Waals surface area contributed by atoms with E-state index < -0.39 is 0 Å². The fourth-order valence-corrected chi connectivity index (χ4v) is 1.94. The second-order valence-corrected chi connectivity index (χ2v) is 3.89. The van der Waals surface area contributed by atoms with Crippen molar-refractivity contribution in [1.29, 1.82) is 5.26 Å². The van der Waals surface area contributed by atoms with E-state index in [0.717, 1.165) is 25.9 Å². The monoisotopic (exact) mass is 216 g/mol. The molecular formula is C14H20N2. The van der Waals surface area contributed by atoms with Gasteiger partial charge in [0.05, 0.1) is 12.1 Å². The Morgan fingerprint density at radius 2 is 1.81 bits per heavy atom. The van der Waals surface area contributed by atoms with Gasteiger partial charge in [-0.2, -0.15) is 5.26 Å². The van der Waals surface area contributed by atoms with E-state index in [1.807, 2.05) is 18.2 Å². The van der Waals surface area contributed by atoms with Crippen LogP contribution in [0.4, 0.5) is 0 Å². The smallest absolute Gasteiger partial charge is 0.0980 e. The topological polar surface area (TPSA) is 27.0 Å². The molecule has 0 saturated heterocycles. The Kier molecular flexibility index (Phi) is 5.60. The highest BCUT2D eigenvalue weighted by molar-refractivity contribution is 5.15. The Morgan fingerprint density at radius 3 is 2.31 bits per heavy atom. The van der Waals surface area contributed by atoms with E-state index in [-0.39, 0.29) is 6.04 Å². The molecule has 2 heteroatoms. The molecule has 0 saturated carbocycles. The number of benzene rings is 1. The van der Waals surface area contributed by atoms with E-state index in [1.165, 1.54) is 5.56 Å². The minimum Gasteiger partial charge on any atom is -0.289 e. The largest absolute Gasteiger partial charge is 0.289 e. The quantitative estimate of drug-likeness (QED) is 0.731. The van der Waals surface area contributed by atoms with Crippen molar-refractivity contribution < 1.29 is 0 Å². The van der Waals surface area contributed by atoms with Crippen molar-refractivity contribution in [2.24, 2.45) is 0 Å². The maximum absolute atomic E-state index is 9.15. The van der Waals surface area contributed by atoms with E-state index in [9.17, 15) is 0 Å². The summed E-state index contributed by atoms with van der Waals surface area (Å²) in [6.45, 7) is 6.11. The zero-order valence-corrected chi connectivity index (χ0v) is 10.2. The van der Waals surface area contributed by atoms with E-state index in [0.29, 0.717) is 0 Å². The minimum atomic E-state index is 0.0511. The van der Waals surface area contributed by atoms with Crippen LogP contribution in [0.3, 0.4) is 0 Å².